The number of hydrogen-bond acceptors (Lipinski definition) is 2. The molecule has 0 saturated heterocycles. The van der Waals surface area contributed by atoms with Crippen LogP contribution in [0, 0.1) is 0 Å². The first-order chi connectivity index (χ1) is 11.1. The van der Waals surface area contributed by atoms with E-state index in [0.29, 0.717) is 11.5 Å². The van der Waals surface area contributed by atoms with Gasteiger partial charge in [-0.05, 0) is 66.5 Å². The van der Waals surface area contributed by atoms with E-state index in [9.17, 15) is 10.2 Å². The van der Waals surface area contributed by atoms with Crippen LogP contribution in [-0.4, -0.2) is 10.2 Å². The first-order valence-electron chi connectivity index (χ1n) is 8.75. The molecule has 2 aromatic carbocycles. The van der Waals surface area contributed by atoms with Crippen molar-refractivity contribution in [3.05, 3.63) is 58.7 Å². The average molecular weight is 312 g/mol. The lowest BCUT2D eigenvalue weighted by molar-refractivity contribution is 0.467. The van der Waals surface area contributed by atoms with Gasteiger partial charge in [-0.1, -0.05) is 51.0 Å². The van der Waals surface area contributed by atoms with Crippen LogP contribution in [0.1, 0.15) is 55.4 Å². The summed E-state index contributed by atoms with van der Waals surface area (Å²) in [5.74, 6) is 0.830. The first-order valence-corrected chi connectivity index (χ1v) is 8.75. The van der Waals surface area contributed by atoms with Crippen LogP contribution in [0.3, 0.4) is 0 Å². The molecule has 2 heteroatoms. The summed E-state index contributed by atoms with van der Waals surface area (Å²) in [7, 11) is 0. The Hall–Kier alpha value is -1.96. The number of benzene rings is 2. The molecule has 23 heavy (non-hydrogen) atoms. The average Bonchev–Trinajstić information content (AvgIpc) is 2.54. The number of phenolic OH excluding ortho intramolecular Hbond substituents is 2. The van der Waals surface area contributed by atoms with Gasteiger partial charge in [0, 0.05) is 0 Å². The molecule has 0 spiro atoms. The van der Waals surface area contributed by atoms with Crippen molar-refractivity contribution in [3.8, 4) is 11.5 Å². The van der Waals surface area contributed by atoms with E-state index in [-0.39, 0.29) is 0 Å². The molecule has 0 atom stereocenters. The van der Waals surface area contributed by atoms with E-state index in [0.717, 1.165) is 56.1 Å². The molecule has 124 valence electrons. The molecule has 0 fully saturated rings. The van der Waals surface area contributed by atoms with Gasteiger partial charge in [0.25, 0.3) is 0 Å². The molecular formula is C21H28O2. The van der Waals surface area contributed by atoms with E-state index < -0.39 is 0 Å². The summed E-state index contributed by atoms with van der Waals surface area (Å²) in [5.41, 5.74) is 4.69. The van der Waals surface area contributed by atoms with Gasteiger partial charge >= 0.3 is 0 Å². The largest absolute Gasteiger partial charge is 0.508 e. The van der Waals surface area contributed by atoms with Crippen LogP contribution in [0.25, 0.3) is 0 Å². The zero-order chi connectivity index (χ0) is 16.7. The van der Waals surface area contributed by atoms with E-state index in [1.165, 1.54) is 11.1 Å². The molecule has 2 nitrogen and oxygen atoms in total. The SMILES string of the molecule is CCCc1cc(CCCc2ccc(O)c(CCC)c2)ccc1O. The Kier molecular flexibility index (Phi) is 6.52. The topological polar surface area (TPSA) is 40.5 Å². The van der Waals surface area contributed by atoms with Crippen LogP contribution in [0.4, 0.5) is 0 Å². The van der Waals surface area contributed by atoms with Crippen LogP contribution in [0.5, 0.6) is 11.5 Å². The van der Waals surface area contributed by atoms with E-state index in [1.807, 2.05) is 24.3 Å². The Morgan fingerprint density at radius 1 is 0.652 bits per heavy atom. The third-order valence-electron chi connectivity index (χ3n) is 4.26. The summed E-state index contributed by atoms with van der Waals surface area (Å²) in [4.78, 5) is 0. The Bertz CT molecular complexity index is 576. The zero-order valence-corrected chi connectivity index (χ0v) is 14.3. The summed E-state index contributed by atoms with van der Waals surface area (Å²) in [6, 6.07) is 12.0. The van der Waals surface area contributed by atoms with Crippen molar-refractivity contribution >= 4 is 0 Å². The number of aryl methyl sites for hydroxylation is 4. The predicted molar refractivity (Wildman–Crippen MR) is 96.2 cm³/mol. The minimum atomic E-state index is 0.415. The fourth-order valence-corrected chi connectivity index (χ4v) is 3.02. The summed E-state index contributed by atoms with van der Waals surface area (Å²) in [6.45, 7) is 4.26. The lowest BCUT2D eigenvalue weighted by Crippen LogP contribution is -1.94. The number of hydrogen-bond donors (Lipinski definition) is 2. The second kappa shape index (κ2) is 8.61. The summed E-state index contributed by atoms with van der Waals surface area (Å²) >= 11 is 0. The van der Waals surface area contributed by atoms with E-state index in [4.69, 9.17) is 0 Å². The van der Waals surface area contributed by atoms with Gasteiger partial charge in [0.2, 0.25) is 0 Å². The molecule has 0 heterocycles. The first kappa shape index (κ1) is 17.4. The van der Waals surface area contributed by atoms with Gasteiger partial charge in [0.1, 0.15) is 11.5 Å². The molecule has 2 rings (SSSR count). The van der Waals surface area contributed by atoms with Crippen molar-refractivity contribution in [2.45, 2.75) is 58.8 Å². The maximum Gasteiger partial charge on any atom is 0.118 e. The third kappa shape index (κ3) is 5.02. The Morgan fingerprint density at radius 2 is 1.09 bits per heavy atom. The Balaban J connectivity index is 1.94. The summed E-state index contributed by atoms with van der Waals surface area (Å²) in [6.07, 6.45) is 7.06. The molecule has 0 aliphatic heterocycles. The minimum Gasteiger partial charge on any atom is -0.508 e. The molecule has 0 saturated carbocycles. The van der Waals surface area contributed by atoms with Gasteiger partial charge < -0.3 is 10.2 Å². The molecule has 2 aromatic rings. The fraction of sp³-hybridized carbons (Fsp3) is 0.429. The molecule has 0 amide bonds. The van der Waals surface area contributed by atoms with Gasteiger partial charge in [0.05, 0.1) is 0 Å². The van der Waals surface area contributed by atoms with Crippen molar-refractivity contribution in [3.63, 3.8) is 0 Å². The molecule has 0 bridgehead atoms. The number of rotatable bonds is 8. The van der Waals surface area contributed by atoms with E-state index >= 15 is 0 Å². The smallest absolute Gasteiger partial charge is 0.118 e. The minimum absolute atomic E-state index is 0.415. The van der Waals surface area contributed by atoms with Crippen molar-refractivity contribution in [1.29, 1.82) is 0 Å². The van der Waals surface area contributed by atoms with E-state index in [1.54, 1.807) is 0 Å². The summed E-state index contributed by atoms with van der Waals surface area (Å²) in [5, 5.41) is 19.7. The lowest BCUT2D eigenvalue weighted by Gasteiger charge is -2.09. The van der Waals surface area contributed by atoms with Crippen molar-refractivity contribution in [1.82, 2.24) is 0 Å². The molecule has 0 aliphatic carbocycles. The second-order valence-electron chi connectivity index (χ2n) is 6.28. The normalized spacial score (nSPS) is 10.9. The maximum atomic E-state index is 9.85. The molecule has 0 aromatic heterocycles. The third-order valence-corrected chi connectivity index (χ3v) is 4.26. The van der Waals surface area contributed by atoms with Crippen molar-refractivity contribution in [2.75, 3.05) is 0 Å². The molecule has 0 unspecified atom stereocenters. The highest BCUT2D eigenvalue weighted by Gasteiger charge is 2.04. The van der Waals surface area contributed by atoms with Crippen LogP contribution in [-0.2, 0) is 25.7 Å². The lowest BCUT2D eigenvalue weighted by atomic mass is 9.98. The van der Waals surface area contributed by atoms with Crippen LogP contribution in [0.15, 0.2) is 36.4 Å². The quantitative estimate of drug-likeness (QED) is 0.705. The molecule has 0 aliphatic rings. The monoisotopic (exact) mass is 312 g/mol. The van der Waals surface area contributed by atoms with Gasteiger partial charge in [-0.25, -0.2) is 0 Å². The molecule has 0 radical (unpaired) electrons. The van der Waals surface area contributed by atoms with Crippen molar-refractivity contribution < 1.29 is 10.2 Å². The molecule has 2 N–H and O–H groups in total. The van der Waals surface area contributed by atoms with Gasteiger partial charge in [-0.3, -0.25) is 0 Å². The predicted octanol–water partition coefficient (Wildman–Crippen LogP) is 5.18. The molecular weight excluding hydrogens is 284 g/mol. The van der Waals surface area contributed by atoms with Crippen LogP contribution in [0.2, 0.25) is 0 Å². The second-order valence-corrected chi connectivity index (χ2v) is 6.28. The van der Waals surface area contributed by atoms with Gasteiger partial charge in [0.15, 0.2) is 0 Å². The van der Waals surface area contributed by atoms with Crippen LogP contribution < -0.4 is 0 Å². The van der Waals surface area contributed by atoms with Gasteiger partial charge in [-0.15, -0.1) is 0 Å². The maximum absolute atomic E-state index is 9.85. The van der Waals surface area contributed by atoms with E-state index in [2.05, 4.69) is 26.0 Å². The zero-order valence-electron chi connectivity index (χ0n) is 14.3. The van der Waals surface area contributed by atoms with Crippen molar-refractivity contribution in [2.24, 2.45) is 0 Å². The fourth-order valence-electron chi connectivity index (χ4n) is 3.02. The Labute approximate surface area is 139 Å². The number of phenols is 2. The summed E-state index contributed by atoms with van der Waals surface area (Å²) < 4.78 is 0. The highest BCUT2D eigenvalue weighted by atomic mass is 16.3. The Morgan fingerprint density at radius 3 is 1.48 bits per heavy atom. The number of aromatic hydroxyl groups is 2. The highest BCUT2D eigenvalue weighted by Crippen LogP contribution is 2.23. The van der Waals surface area contributed by atoms with Crippen LogP contribution >= 0.6 is 0 Å². The van der Waals surface area contributed by atoms with Gasteiger partial charge in [-0.2, -0.15) is 0 Å². The standard InChI is InChI=1S/C21H28O2/c1-3-6-18-14-16(10-12-20(18)22)8-5-9-17-11-13-21(23)19(15-17)7-4-2/h10-15,22-23H,3-9H2,1-2H3. The highest BCUT2D eigenvalue weighted by molar-refractivity contribution is 5.37.